The van der Waals surface area contributed by atoms with Gasteiger partial charge in [0, 0.05) is 11.9 Å². The molecule has 0 radical (unpaired) electrons. The van der Waals surface area contributed by atoms with Crippen LogP contribution in [0, 0.1) is 0 Å². The predicted octanol–water partition coefficient (Wildman–Crippen LogP) is 4.14. The van der Waals surface area contributed by atoms with Gasteiger partial charge in [-0.2, -0.15) is 5.10 Å². The molecule has 7 heteroatoms. The van der Waals surface area contributed by atoms with E-state index in [1.165, 1.54) is 0 Å². The van der Waals surface area contributed by atoms with E-state index in [0.717, 1.165) is 28.7 Å². The van der Waals surface area contributed by atoms with Crippen molar-refractivity contribution in [1.82, 2.24) is 20.1 Å². The lowest BCUT2D eigenvalue weighted by atomic mass is 9.91. The number of nitrogens with zero attached hydrogens (tertiary/aromatic N) is 3. The number of anilines is 1. The molecule has 1 atom stereocenters. The molecule has 0 saturated heterocycles. The number of ether oxygens (including phenoxy) is 1. The Balaban J connectivity index is 1.75. The Hall–Kier alpha value is -3.19. The summed E-state index contributed by atoms with van der Waals surface area (Å²) in [7, 11) is 0. The maximum Gasteiger partial charge on any atom is 0.320 e. The van der Waals surface area contributed by atoms with Crippen molar-refractivity contribution in [2.24, 2.45) is 0 Å². The smallest absolute Gasteiger partial charge is 0.320 e. The van der Waals surface area contributed by atoms with E-state index in [-0.39, 0.29) is 12.1 Å². The zero-order valence-electron chi connectivity index (χ0n) is 16.8. The van der Waals surface area contributed by atoms with E-state index in [1.807, 2.05) is 74.0 Å². The molecular weight excluding hydrogens is 366 g/mol. The monoisotopic (exact) mass is 391 g/mol. The molecule has 2 N–H and O–H groups in total. The summed E-state index contributed by atoms with van der Waals surface area (Å²) >= 11 is 0. The highest BCUT2D eigenvalue weighted by atomic mass is 16.5. The van der Waals surface area contributed by atoms with Crippen LogP contribution in [0.5, 0.6) is 0 Å². The summed E-state index contributed by atoms with van der Waals surface area (Å²) in [5, 5.41) is 11.3. The number of hydrogen-bond acceptors (Lipinski definition) is 4. The lowest BCUT2D eigenvalue weighted by Crippen LogP contribution is -2.45. The molecule has 0 aliphatic carbocycles. The number of benzene rings is 1. The number of pyridine rings is 1. The second kappa shape index (κ2) is 7.67. The van der Waals surface area contributed by atoms with Crippen LogP contribution in [-0.4, -0.2) is 33.0 Å². The minimum atomic E-state index is -0.621. The molecule has 7 nitrogen and oxygen atoms in total. The molecular formula is C22H25N5O2. The van der Waals surface area contributed by atoms with E-state index in [2.05, 4.69) is 20.7 Å². The number of carbonyl (C=O) groups excluding carboxylic acids is 1. The molecule has 0 fully saturated rings. The van der Waals surface area contributed by atoms with E-state index in [1.54, 1.807) is 6.20 Å². The van der Waals surface area contributed by atoms with Crippen LogP contribution >= 0.6 is 0 Å². The third-order valence-corrected chi connectivity index (χ3v) is 5.12. The standard InChI is InChI=1S/C22H25N5O2/c1-4-27-19-16(14-23-27)13-18-24-17(19)11-8-12-29-22(2,3)20(26-21(28)25-18)15-9-6-5-7-10-15/h5-11,13-14,20H,4,12H2,1-3H3,(H2,24,25,26,28)/b11-8-. The number of aromatic nitrogens is 3. The first-order valence-corrected chi connectivity index (χ1v) is 9.77. The van der Waals surface area contributed by atoms with Gasteiger partial charge in [0.15, 0.2) is 0 Å². The number of carbonyl (C=O) groups is 1. The van der Waals surface area contributed by atoms with Crippen LogP contribution < -0.4 is 10.6 Å². The van der Waals surface area contributed by atoms with Crippen LogP contribution in [0.4, 0.5) is 10.6 Å². The molecule has 3 aromatic rings. The zero-order chi connectivity index (χ0) is 20.4. The van der Waals surface area contributed by atoms with Crippen LogP contribution in [0.3, 0.4) is 0 Å². The van der Waals surface area contributed by atoms with Crippen molar-refractivity contribution < 1.29 is 9.53 Å². The molecule has 29 heavy (non-hydrogen) atoms. The molecule has 4 rings (SSSR count). The quantitative estimate of drug-likeness (QED) is 0.688. The van der Waals surface area contributed by atoms with Gasteiger partial charge in [-0.3, -0.25) is 10.00 Å². The largest absolute Gasteiger partial charge is 0.369 e. The lowest BCUT2D eigenvalue weighted by Gasteiger charge is -2.35. The minimum Gasteiger partial charge on any atom is -0.369 e. The lowest BCUT2D eigenvalue weighted by molar-refractivity contribution is -0.0278. The average Bonchev–Trinajstić information content (AvgIpc) is 3.12. The fourth-order valence-corrected chi connectivity index (χ4v) is 3.66. The van der Waals surface area contributed by atoms with E-state index in [4.69, 9.17) is 4.74 Å². The first-order chi connectivity index (χ1) is 14.0. The van der Waals surface area contributed by atoms with Gasteiger partial charge in [-0.1, -0.05) is 36.4 Å². The second-order valence-corrected chi connectivity index (χ2v) is 7.55. The summed E-state index contributed by atoms with van der Waals surface area (Å²) in [6, 6.07) is 11.0. The normalized spacial score (nSPS) is 20.2. The van der Waals surface area contributed by atoms with Gasteiger partial charge in [0.1, 0.15) is 5.82 Å². The molecule has 1 aliphatic rings. The van der Waals surface area contributed by atoms with Gasteiger partial charge in [-0.25, -0.2) is 9.78 Å². The van der Waals surface area contributed by atoms with Gasteiger partial charge in [0.2, 0.25) is 0 Å². The van der Waals surface area contributed by atoms with E-state index < -0.39 is 5.60 Å². The Labute approximate surface area is 169 Å². The fraction of sp³-hybridized carbons (Fsp3) is 0.318. The summed E-state index contributed by atoms with van der Waals surface area (Å²) in [4.78, 5) is 17.4. The Morgan fingerprint density at radius 3 is 2.83 bits per heavy atom. The van der Waals surface area contributed by atoms with E-state index in [0.29, 0.717) is 12.4 Å². The first kappa shape index (κ1) is 19.1. The molecule has 0 saturated carbocycles. The van der Waals surface area contributed by atoms with Gasteiger partial charge in [-0.05, 0) is 38.5 Å². The Morgan fingerprint density at radius 2 is 2.07 bits per heavy atom. The maximum atomic E-state index is 12.8. The number of rotatable bonds is 2. The van der Waals surface area contributed by atoms with Crippen molar-refractivity contribution in [2.45, 2.75) is 39.0 Å². The van der Waals surface area contributed by atoms with Gasteiger partial charge in [-0.15, -0.1) is 0 Å². The predicted molar refractivity (Wildman–Crippen MR) is 114 cm³/mol. The number of fused-ring (bicyclic) bond motifs is 4. The number of nitrogens with one attached hydrogen (secondary N) is 2. The van der Waals surface area contributed by atoms with Crippen molar-refractivity contribution in [3.05, 3.63) is 59.9 Å². The number of aryl methyl sites for hydroxylation is 1. The average molecular weight is 391 g/mol. The Morgan fingerprint density at radius 1 is 1.28 bits per heavy atom. The van der Waals surface area contributed by atoms with Crippen molar-refractivity contribution in [3.8, 4) is 0 Å². The molecule has 1 aliphatic heterocycles. The Bertz CT molecular complexity index is 1060. The fourth-order valence-electron chi connectivity index (χ4n) is 3.66. The van der Waals surface area contributed by atoms with Crippen LogP contribution in [0.1, 0.15) is 38.1 Å². The summed E-state index contributed by atoms with van der Waals surface area (Å²) in [6.45, 7) is 7.13. The number of amides is 2. The van der Waals surface area contributed by atoms with Gasteiger partial charge >= 0.3 is 6.03 Å². The van der Waals surface area contributed by atoms with Crippen LogP contribution in [0.15, 0.2) is 48.7 Å². The summed E-state index contributed by atoms with van der Waals surface area (Å²) < 4.78 is 8.06. The maximum absolute atomic E-state index is 12.8. The van der Waals surface area contributed by atoms with Crippen LogP contribution in [0.2, 0.25) is 0 Å². The summed E-state index contributed by atoms with van der Waals surface area (Å²) in [5.41, 5.74) is 2.04. The first-order valence-electron chi connectivity index (χ1n) is 9.77. The molecule has 3 heterocycles. The highest BCUT2D eigenvalue weighted by Crippen LogP contribution is 2.30. The van der Waals surface area contributed by atoms with Crippen molar-refractivity contribution >= 4 is 28.8 Å². The van der Waals surface area contributed by atoms with Gasteiger partial charge in [0.25, 0.3) is 0 Å². The van der Waals surface area contributed by atoms with Crippen molar-refractivity contribution in [2.75, 3.05) is 11.9 Å². The van der Waals surface area contributed by atoms with Gasteiger partial charge in [0.05, 0.1) is 35.7 Å². The zero-order valence-corrected chi connectivity index (χ0v) is 16.8. The van der Waals surface area contributed by atoms with Crippen molar-refractivity contribution in [3.63, 3.8) is 0 Å². The topological polar surface area (TPSA) is 81.1 Å². The van der Waals surface area contributed by atoms with Crippen LogP contribution in [-0.2, 0) is 11.3 Å². The molecule has 150 valence electrons. The minimum absolute atomic E-state index is 0.331. The third-order valence-electron chi connectivity index (χ3n) is 5.12. The molecule has 1 aromatic carbocycles. The SMILES string of the molecule is CCn1ncc2cc3nc(c21)/C=C\COC(C)(C)C(c1ccccc1)NC(=O)N3. The highest BCUT2D eigenvalue weighted by molar-refractivity contribution is 5.93. The highest BCUT2D eigenvalue weighted by Gasteiger charge is 2.33. The van der Waals surface area contributed by atoms with Crippen molar-refractivity contribution in [1.29, 1.82) is 0 Å². The van der Waals surface area contributed by atoms with Gasteiger partial charge < -0.3 is 10.1 Å². The second-order valence-electron chi connectivity index (χ2n) is 7.55. The number of urea groups is 1. The molecule has 2 aromatic heterocycles. The number of hydrogen-bond donors (Lipinski definition) is 2. The molecule has 2 amide bonds. The summed E-state index contributed by atoms with van der Waals surface area (Å²) in [5.74, 6) is 0.483. The van der Waals surface area contributed by atoms with E-state index in [9.17, 15) is 4.79 Å². The molecule has 0 spiro atoms. The molecule has 2 bridgehead atoms. The van der Waals surface area contributed by atoms with E-state index >= 15 is 0 Å². The molecule has 1 unspecified atom stereocenters. The van der Waals surface area contributed by atoms with Crippen LogP contribution in [0.25, 0.3) is 17.0 Å². The summed E-state index contributed by atoms with van der Waals surface area (Å²) in [6.07, 6.45) is 5.67. The Kier molecular flexibility index (Phi) is 5.07. The third kappa shape index (κ3) is 3.86.